The van der Waals surface area contributed by atoms with E-state index in [1.54, 1.807) is 35.6 Å². The molecule has 0 aliphatic rings. The second-order valence-electron chi connectivity index (χ2n) is 6.26. The number of sulfonamides is 1. The molecule has 2 aromatic heterocycles. The van der Waals surface area contributed by atoms with Gasteiger partial charge >= 0.3 is 0 Å². The molecule has 156 valence electrons. The molecule has 0 bridgehead atoms. The van der Waals surface area contributed by atoms with E-state index in [2.05, 4.69) is 27.5 Å². The van der Waals surface area contributed by atoms with E-state index in [-0.39, 0.29) is 4.90 Å². The van der Waals surface area contributed by atoms with Crippen molar-refractivity contribution < 1.29 is 12.8 Å². The SMILES string of the molecule is CCCc1nc(CSc2nnc(-c3cccc(S(=O)(=O)N(CC)CC)c3)o2)cs1. The molecule has 7 nitrogen and oxygen atoms in total. The molecule has 0 saturated carbocycles. The Hall–Kier alpha value is -1.75. The number of aryl methyl sites for hydroxylation is 1. The zero-order valence-electron chi connectivity index (χ0n) is 16.7. The minimum absolute atomic E-state index is 0.219. The highest BCUT2D eigenvalue weighted by Gasteiger charge is 2.22. The molecule has 0 fully saturated rings. The summed E-state index contributed by atoms with van der Waals surface area (Å²) in [5.74, 6) is 0.951. The summed E-state index contributed by atoms with van der Waals surface area (Å²) < 4.78 is 32.6. The van der Waals surface area contributed by atoms with Crippen LogP contribution in [-0.4, -0.2) is 41.0 Å². The maximum absolute atomic E-state index is 12.7. The van der Waals surface area contributed by atoms with Gasteiger partial charge in [-0.05, 0) is 31.0 Å². The van der Waals surface area contributed by atoms with Crippen LogP contribution in [0.5, 0.6) is 0 Å². The molecular formula is C19H24N4O3S3. The van der Waals surface area contributed by atoms with Crippen LogP contribution >= 0.6 is 23.1 Å². The molecule has 0 aliphatic carbocycles. The van der Waals surface area contributed by atoms with Crippen LogP contribution in [0, 0.1) is 0 Å². The standard InChI is InChI=1S/C19H24N4O3S3/c1-4-8-17-20-15(12-27-17)13-28-19-22-21-18(26-19)14-9-7-10-16(11-14)29(24,25)23(5-2)6-3/h7,9-12H,4-6,8,13H2,1-3H3. The van der Waals surface area contributed by atoms with Crippen LogP contribution in [0.3, 0.4) is 0 Å². The number of thioether (sulfide) groups is 1. The Morgan fingerprint density at radius 2 is 1.97 bits per heavy atom. The Labute approximate surface area is 179 Å². The van der Waals surface area contributed by atoms with Gasteiger partial charge in [0.25, 0.3) is 5.22 Å². The summed E-state index contributed by atoms with van der Waals surface area (Å²) in [6.45, 7) is 6.61. The maximum atomic E-state index is 12.7. The summed E-state index contributed by atoms with van der Waals surface area (Å²) in [4.78, 5) is 4.81. The van der Waals surface area contributed by atoms with Gasteiger partial charge in [0.05, 0.1) is 15.6 Å². The largest absolute Gasteiger partial charge is 0.411 e. The van der Waals surface area contributed by atoms with Gasteiger partial charge in [0.15, 0.2) is 0 Å². The van der Waals surface area contributed by atoms with E-state index >= 15 is 0 Å². The summed E-state index contributed by atoms with van der Waals surface area (Å²) in [6, 6.07) is 6.61. The molecule has 0 amide bonds. The molecule has 2 heterocycles. The van der Waals surface area contributed by atoms with Crippen LogP contribution in [-0.2, 0) is 22.2 Å². The molecule has 0 unspecified atom stereocenters. The number of benzene rings is 1. The van der Waals surface area contributed by atoms with E-state index in [0.717, 1.165) is 23.5 Å². The first-order chi connectivity index (χ1) is 14.0. The number of nitrogens with zero attached hydrogens (tertiary/aromatic N) is 4. The predicted molar refractivity (Wildman–Crippen MR) is 116 cm³/mol. The number of rotatable bonds is 10. The predicted octanol–water partition coefficient (Wildman–Crippen LogP) is 4.47. The normalized spacial score (nSPS) is 12.0. The second kappa shape index (κ2) is 9.84. The first kappa shape index (κ1) is 21.9. The Morgan fingerprint density at radius 1 is 1.17 bits per heavy atom. The Morgan fingerprint density at radius 3 is 2.69 bits per heavy atom. The average molecular weight is 453 g/mol. The van der Waals surface area contributed by atoms with Crippen LogP contribution in [0.15, 0.2) is 44.2 Å². The van der Waals surface area contributed by atoms with Gasteiger partial charge in [0.1, 0.15) is 0 Å². The van der Waals surface area contributed by atoms with Crippen molar-refractivity contribution in [2.45, 2.75) is 49.5 Å². The molecule has 0 saturated heterocycles. The van der Waals surface area contributed by atoms with Gasteiger partial charge in [-0.1, -0.05) is 38.6 Å². The number of thiazole rings is 1. The van der Waals surface area contributed by atoms with Gasteiger partial charge < -0.3 is 4.42 Å². The fourth-order valence-corrected chi connectivity index (χ4v) is 5.93. The van der Waals surface area contributed by atoms with E-state index in [1.165, 1.54) is 16.1 Å². The van der Waals surface area contributed by atoms with E-state index in [9.17, 15) is 8.42 Å². The maximum Gasteiger partial charge on any atom is 0.277 e. The van der Waals surface area contributed by atoms with Crippen LogP contribution in [0.1, 0.15) is 37.9 Å². The topological polar surface area (TPSA) is 89.2 Å². The van der Waals surface area contributed by atoms with Crippen molar-refractivity contribution in [2.75, 3.05) is 13.1 Å². The first-order valence-electron chi connectivity index (χ1n) is 9.48. The molecule has 3 rings (SSSR count). The van der Waals surface area contributed by atoms with Gasteiger partial charge in [0, 0.05) is 29.8 Å². The molecule has 0 N–H and O–H groups in total. The highest BCUT2D eigenvalue weighted by molar-refractivity contribution is 7.98. The zero-order chi connectivity index (χ0) is 20.9. The van der Waals surface area contributed by atoms with Crippen molar-refractivity contribution in [3.63, 3.8) is 0 Å². The average Bonchev–Trinajstić information content (AvgIpc) is 3.37. The smallest absolute Gasteiger partial charge is 0.277 e. The van der Waals surface area contributed by atoms with Gasteiger partial charge in [-0.2, -0.15) is 4.31 Å². The minimum atomic E-state index is -3.54. The molecule has 3 aromatic rings. The number of aromatic nitrogens is 3. The van der Waals surface area contributed by atoms with Crippen molar-refractivity contribution in [2.24, 2.45) is 0 Å². The molecular weight excluding hydrogens is 428 g/mol. The third-order valence-electron chi connectivity index (χ3n) is 4.24. The quantitative estimate of drug-likeness (QED) is 0.419. The summed E-state index contributed by atoms with van der Waals surface area (Å²) in [5, 5.41) is 11.8. The lowest BCUT2D eigenvalue weighted by molar-refractivity contribution is 0.445. The van der Waals surface area contributed by atoms with Crippen LogP contribution in [0.2, 0.25) is 0 Å². The number of hydrogen-bond acceptors (Lipinski definition) is 8. The van der Waals surface area contributed by atoms with Crippen LogP contribution < -0.4 is 0 Å². The summed E-state index contributed by atoms with van der Waals surface area (Å²) in [7, 11) is -3.54. The lowest BCUT2D eigenvalue weighted by atomic mass is 10.2. The summed E-state index contributed by atoms with van der Waals surface area (Å²) in [5.41, 5.74) is 1.58. The van der Waals surface area contributed by atoms with Crippen LogP contribution in [0.25, 0.3) is 11.5 Å². The van der Waals surface area contributed by atoms with E-state index in [4.69, 9.17) is 4.42 Å². The van der Waals surface area contributed by atoms with E-state index in [1.807, 2.05) is 13.8 Å². The molecule has 0 spiro atoms. The Bertz CT molecular complexity index is 1040. The van der Waals surface area contributed by atoms with Crippen molar-refractivity contribution in [1.82, 2.24) is 19.5 Å². The molecule has 29 heavy (non-hydrogen) atoms. The lowest BCUT2D eigenvalue weighted by Crippen LogP contribution is -2.30. The highest BCUT2D eigenvalue weighted by atomic mass is 32.2. The Kier molecular flexibility index (Phi) is 7.44. The van der Waals surface area contributed by atoms with Crippen molar-refractivity contribution in [1.29, 1.82) is 0 Å². The van der Waals surface area contributed by atoms with Crippen molar-refractivity contribution >= 4 is 33.1 Å². The van der Waals surface area contributed by atoms with E-state index < -0.39 is 10.0 Å². The lowest BCUT2D eigenvalue weighted by Gasteiger charge is -2.18. The highest BCUT2D eigenvalue weighted by Crippen LogP contribution is 2.28. The van der Waals surface area contributed by atoms with Gasteiger partial charge in [-0.25, -0.2) is 13.4 Å². The van der Waals surface area contributed by atoms with Gasteiger partial charge in [-0.15, -0.1) is 21.5 Å². The minimum Gasteiger partial charge on any atom is -0.411 e. The second-order valence-corrected chi connectivity index (χ2v) is 10.1. The molecule has 0 radical (unpaired) electrons. The van der Waals surface area contributed by atoms with Gasteiger partial charge in [0.2, 0.25) is 15.9 Å². The summed E-state index contributed by atoms with van der Waals surface area (Å²) in [6.07, 6.45) is 2.07. The summed E-state index contributed by atoms with van der Waals surface area (Å²) >= 11 is 3.09. The third-order valence-corrected chi connectivity index (χ3v) is 8.09. The van der Waals surface area contributed by atoms with Crippen molar-refractivity contribution in [3.8, 4) is 11.5 Å². The van der Waals surface area contributed by atoms with Crippen molar-refractivity contribution in [3.05, 3.63) is 40.3 Å². The zero-order valence-corrected chi connectivity index (χ0v) is 19.1. The molecule has 10 heteroatoms. The van der Waals surface area contributed by atoms with Gasteiger partial charge in [-0.3, -0.25) is 0 Å². The fraction of sp³-hybridized carbons (Fsp3) is 0.421. The molecule has 1 aromatic carbocycles. The fourth-order valence-electron chi connectivity index (χ4n) is 2.77. The number of hydrogen-bond donors (Lipinski definition) is 0. The monoisotopic (exact) mass is 452 g/mol. The molecule has 0 atom stereocenters. The van der Waals surface area contributed by atoms with Crippen LogP contribution in [0.4, 0.5) is 0 Å². The first-order valence-corrected chi connectivity index (χ1v) is 12.8. The van der Waals surface area contributed by atoms with E-state index in [0.29, 0.717) is 35.5 Å². The third kappa shape index (κ3) is 5.25. The molecule has 0 aliphatic heterocycles. The Balaban J connectivity index is 1.73.